The second-order valence-electron chi connectivity index (χ2n) is 3.21. The lowest BCUT2D eigenvalue weighted by Gasteiger charge is -2.23. The highest BCUT2D eigenvalue weighted by atomic mass is 19.4. The Morgan fingerprint density at radius 1 is 1.19 bits per heavy atom. The fraction of sp³-hybridized carbons (Fsp3) is 0.750. The van der Waals surface area contributed by atoms with Gasteiger partial charge >= 0.3 is 24.4 Å². The van der Waals surface area contributed by atoms with Crippen molar-refractivity contribution >= 4 is 11.8 Å². The number of hydrogen-bond donors (Lipinski definition) is 3. The van der Waals surface area contributed by atoms with Crippen LogP contribution in [0.2, 0.25) is 0 Å². The maximum absolute atomic E-state index is 11.9. The molecule has 126 valence electrons. The number of carbonyl (C=O) groups is 1. The quantitative estimate of drug-likeness (QED) is 0.391. The minimum absolute atomic E-state index is 0.182. The van der Waals surface area contributed by atoms with E-state index in [0.29, 0.717) is 13.0 Å². The molecule has 0 aromatic rings. The van der Waals surface area contributed by atoms with Gasteiger partial charge in [-0.2, -0.15) is 17.6 Å². The molecule has 13 heteroatoms. The summed E-state index contributed by atoms with van der Waals surface area (Å²) >= 11 is 0. The number of aliphatic carboxylic acids is 1. The van der Waals surface area contributed by atoms with Crippen LogP contribution < -0.4 is 5.73 Å². The van der Waals surface area contributed by atoms with Gasteiger partial charge in [0.2, 0.25) is 0 Å². The molecule has 0 amide bonds. The van der Waals surface area contributed by atoms with Crippen molar-refractivity contribution in [1.82, 2.24) is 0 Å². The average molecular weight is 332 g/mol. The molecule has 0 radical (unpaired) electrons. The van der Waals surface area contributed by atoms with Gasteiger partial charge in [0.1, 0.15) is 0 Å². The van der Waals surface area contributed by atoms with Crippen molar-refractivity contribution in [1.29, 1.82) is 5.41 Å². The van der Waals surface area contributed by atoms with Crippen LogP contribution in [0.4, 0.5) is 30.7 Å². The van der Waals surface area contributed by atoms with Crippen LogP contribution in [0.25, 0.3) is 0 Å². The number of carboxylic acid groups (broad SMARTS) is 1. The Morgan fingerprint density at radius 3 is 1.81 bits per heavy atom. The molecular weight excluding hydrogens is 321 g/mol. The van der Waals surface area contributed by atoms with Gasteiger partial charge in [-0.15, -0.1) is 13.2 Å². The Hall–Kier alpha value is -1.63. The fourth-order valence-electron chi connectivity index (χ4n) is 0.546. The molecule has 21 heavy (non-hydrogen) atoms. The molecule has 4 N–H and O–H groups in total. The summed E-state index contributed by atoms with van der Waals surface area (Å²) in [4.78, 5) is 9.48. The normalized spacial score (nSPS) is 12.4. The van der Waals surface area contributed by atoms with Crippen molar-refractivity contribution in [2.75, 3.05) is 13.7 Å². The Kier molecular flexibility index (Phi) is 8.22. The number of hydrogen-bond acceptors (Lipinski definition) is 4. The zero-order valence-electron chi connectivity index (χ0n) is 10.3. The highest BCUT2D eigenvalue weighted by molar-refractivity contribution is 5.77. The van der Waals surface area contributed by atoms with Gasteiger partial charge < -0.3 is 15.6 Å². The molecule has 0 spiro atoms. The topological polar surface area (TPSA) is 106 Å². The summed E-state index contributed by atoms with van der Waals surface area (Å²) < 4.78 is 87.2. The lowest BCUT2D eigenvalue weighted by Crippen LogP contribution is -2.51. The average Bonchev–Trinajstić information content (AvgIpc) is 2.23. The van der Waals surface area contributed by atoms with Crippen LogP contribution in [0.1, 0.15) is 6.42 Å². The monoisotopic (exact) mass is 332 g/mol. The summed E-state index contributed by atoms with van der Waals surface area (Å²) in [7, 11) is 1.59. The third-order valence-corrected chi connectivity index (χ3v) is 1.45. The fourth-order valence-corrected chi connectivity index (χ4v) is 0.546. The molecule has 0 aliphatic rings. The van der Waals surface area contributed by atoms with E-state index in [9.17, 15) is 35.5 Å². The summed E-state index contributed by atoms with van der Waals surface area (Å²) in [6.45, 7) is 0.551. The molecule has 0 bridgehead atoms. The largest absolute Gasteiger partial charge is 0.527 e. The highest BCUT2D eigenvalue weighted by Crippen LogP contribution is 2.39. The smallest absolute Gasteiger partial charge is 0.477 e. The van der Waals surface area contributed by atoms with E-state index in [1.54, 1.807) is 11.8 Å². The van der Waals surface area contributed by atoms with E-state index in [2.05, 4.69) is 4.74 Å². The first-order chi connectivity index (χ1) is 9.17. The first-order valence-electron chi connectivity index (χ1n) is 4.75. The summed E-state index contributed by atoms with van der Waals surface area (Å²) in [5.41, 5.74) is 4.98. The van der Waals surface area contributed by atoms with Crippen LogP contribution in [0.15, 0.2) is 0 Å². The second kappa shape index (κ2) is 7.97. The Balaban J connectivity index is 0. The van der Waals surface area contributed by atoms with Gasteiger partial charge in [-0.3, -0.25) is 5.41 Å². The number of halogens is 7. The van der Waals surface area contributed by atoms with E-state index in [1.807, 2.05) is 0 Å². The molecule has 0 saturated heterocycles. The van der Waals surface area contributed by atoms with Crippen LogP contribution in [-0.4, -0.2) is 49.0 Å². The number of nitrogens with one attached hydrogen (secondary N) is 1. The minimum Gasteiger partial charge on any atom is -0.477 e. The number of rotatable bonds is 6. The second-order valence-corrected chi connectivity index (χ2v) is 3.21. The molecule has 0 atom stereocenters. The summed E-state index contributed by atoms with van der Waals surface area (Å²) in [5.74, 6) is -9.20. The molecule has 0 rings (SSSR count). The van der Waals surface area contributed by atoms with Crippen LogP contribution in [0.3, 0.4) is 0 Å². The predicted octanol–water partition coefficient (Wildman–Crippen LogP) is 1.79. The number of alkyl halides is 7. The maximum atomic E-state index is 11.9. The molecule has 0 saturated carbocycles. The van der Waals surface area contributed by atoms with Gasteiger partial charge in [0.15, 0.2) is 0 Å². The van der Waals surface area contributed by atoms with Crippen molar-refractivity contribution < 1.29 is 50.1 Å². The summed E-state index contributed by atoms with van der Waals surface area (Å²) in [5, 5.41) is 14.2. The van der Waals surface area contributed by atoms with Crippen molar-refractivity contribution in [3.63, 3.8) is 0 Å². The van der Waals surface area contributed by atoms with Crippen molar-refractivity contribution in [3.05, 3.63) is 0 Å². The lowest BCUT2D eigenvalue weighted by atomic mass is 10.3. The Labute approximate surface area is 113 Å². The van der Waals surface area contributed by atoms with E-state index in [1.165, 1.54) is 0 Å². The van der Waals surface area contributed by atoms with E-state index >= 15 is 0 Å². The van der Waals surface area contributed by atoms with Crippen LogP contribution in [0.5, 0.6) is 0 Å². The molecule has 0 fully saturated rings. The van der Waals surface area contributed by atoms with Gasteiger partial charge in [0.05, 0.1) is 12.4 Å². The first-order valence-corrected chi connectivity index (χ1v) is 4.75. The van der Waals surface area contributed by atoms with E-state index in [-0.39, 0.29) is 5.84 Å². The minimum atomic E-state index is -6.16. The maximum Gasteiger partial charge on any atom is 0.527 e. The van der Waals surface area contributed by atoms with E-state index in [0.717, 1.165) is 0 Å². The van der Waals surface area contributed by atoms with Crippen LogP contribution in [-0.2, 0) is 14.3 Å². The number of nitrogens with two attached hydrogens (primary N) is 1. The molecular formula is C8H11F7N2O4. The number of amidine groups is 1. The molecule has 0 unspecified atom stereocenters. The molecule has 0 aromatic heterocycles. The van der Waals surface area contributed by atoms with Gasteiger partial charge in [-0.25, -0.2) is 9.53 Å². The standard InChI is InChI=1S/C4HF7O3.C4H10N2O/c5-2(6,1(12)13)3(7,8)14-4(9,10)11;1-7-3-2-4(5)6/h(H,12,13);2-3H2,1H3,(H3,5,6). The predicted molar refractivity (Wildman–Crippen MR) is 53.1 cm³/mol. The third-order valence-electron chi connectivity index (χ3n) is 1.45. The van der Waals surface area contributed by atoms with Crippen LogP contribution >= 0.6 is 0 Å². The van der Waals surface area contributed by atoms with Gasteiger partial charge in [0.25, 0.3) is 0 Å². The van der Waals surface area contributed by atoms with Gasteiger partial charge in [-0.1, -0.05) is 0 Å². The third kappa shape index (κ3) is 9.01. The molecule has 0 heterocycles. The molecule has 0 aliphatic heterocycles. The number of carboxylic acids is 1. The number of methoxy groups -OCH3 is 1. The zero-order valence-corrected chi connectivity index (χ0v) is 10.3. The van der Waals surface area contributed by atoms with Gasteiger partial charge in [-0.05, 0) is 0 Å². The molecule has 0 aromatic carbocycles. The van der Waals surface area contributed by atoms with E-state index in [4.69, 9.17) is 16.2 Å². The SMILES string of the molecule is COCCC(=N)N.O=C(O)C(F)(F)C(F)(F)OC(F)(F)F. The first kappa shape index (κ1) is 21.7. The molecule has 0 aliphatic carbocycles. The van der Waals surface area contributed by atoms with E-state index < -0.39 is 24.4 Å². The van der Waals surface area contributed by atoms with Crippen LogP contribution in [0, 0.1) is 5.41 Å². The van der Waals surface area contributed by atoms with Crippen molar-refractivity contribution in [2.24, 2.45) is 5.73 Å². The summed E-state index contributed by atoms with van der Waals surface area (Å²) in [6, 6.07) is 0. The van der Waals surface area contributed by atoms with Crippen molar-refractivity contribution in [2.45, 2.75) is 24.8 Å². The Morgan fingerprint density at radius 2 is 1.62 bits per heavy atom. The number of ether oxygens (including phenoxy) is 2. The summed E-state index contributed by atoms with van der Waals surface area (Å²) in [6.07, 6.45) is -11.7. The lowest BCUT2D eigenvalue weighted by molar-refractivity contribution is -0.459. The van der Waals surface area contributed by atoms with Crippen molar-refractivity contribution in [3.8, 4) is 0 Å². The molecule has 6 nitrogen and oxygen atoms in total. The van der Waals surface area contributed by atoms with Gasteiger partial charge in [0, 0.05) is 13.5 Å². The Bertz CT molecular complexity index is 359. The highest BCUT2D eigenvalue weighted by Gasteiger charge is 2.68. The zero-order chi connectivity index (χ0) is 17.5.